The number of ether oxygens (including phenoxy) is 1. The van der Waals surface area contributed by atoms with E-state index in [1.165, 1.54) is 7.11 Å². The van der Waals surface area contributed by atoms with Gasteiger partial charge in [0.25, 0.3) is 0 Å². The Labute approximate surface area is 104 Å². The maximum Gasteiger partial charge on any atom is 0.330 e. The number of hydrogen-bond donors (Lipinski definition) is 1. The lowest BCUT2D eigenvalue weighted by molar-refractivity contribution is -0.144. The second-order valence-corrected chi connectivity index (χ2v) is 5.06. The van der Waals surface area contributed by atoms with E-state index in [9.17, 15) is 4.79 Å². The maximum atomic E-state index is 11.5. The average molecular weight is 286 g/mol. The molecule has 0 aliphatic rings. The van der Waals surface area contributed by atoms with Gasteiger partial charge in [0.2, 0.25) is 0 Å². The lowest BCUT2D eigenvalue weighted by atomic mass is 10.1. The van der Waals surface area contributed by atoms with Crippen LogP contribution in [-0.2, 0) is 9.53 Å². The van der Waals surface area contributed by atoms with Crippen LogP contribution >= 0.6 is 15.9 Å². The number of benzene rings is 1. The Kier molecular flexibility index (Phi) is 3.97. The fourth-order valence-corrected chi connectivity index (χ4v) is 1.64. The fraction of sp³-hybridized carbons (Fsp3) is 0.417. The van der Waals surface area contributed by atoms with Crippen molar-refractivity contribution < 1.29 is 9.53 Å². The van der Waals surface area contributed by atoms with Crippen molar-refractivity contribution >= 4 is 27.6 Å². The molecule has 16 heavy (non-hydrogen) atoms. The van der Waals surface area contributed by atoms with E-state index in [2.05, 4.69) is 21.2 Å². The van der Waals surface area contributed by atoms with E-state index in [-0.39, 0.29) is 5.97 Å². The summed E-state index contributed by atoms with van der Waals surface area (Å²) in [7, 11) is 1.39. The van der Waals surface area contributed by atoms with Crippen LogP contribution in [0.2, 0.25) is 0 Å². The molecule has 3 nitrogen and oxygen atoms in total. The molecule has 0 aliphatic heterocycles. The van der Waals surface area contributed by atoms with E-state index in [0.29, 0.717) is 0 Å². The Morgan fingerprint density at radius 2 is 2.06 bits per heavy atom. The molecule has 0 aromatic heterocycles. The van der Waals surface area contributed by atoms with E-state index in [4.69, 9.17) is 4.74 Å². The van der Waals surface area contributed by atoms with Gasteiger partial charge >= 0.3 is 5.97 Å². The van der Waals surface area contributed by atoms with E-state index in [0.717, 1.165) is 15.7 Å². The number of anilines is 1. The molecule has 1 aromatic carbocycles. The van der Waals surface area contributed by atoms with Crippen molar-refractivity contribution in [3.63, 3.8) is 0 Å². The largest absolute Gasteiger partial charge is 0.467 e. The fourth-order valence-electron chi connectivity index (χ4n) is 1.39. The van der Waals surface area contributed by atoms with Crippen LogP contribution in [0, 0.1) is 6.92 Å². The van der Waals surface area contributed by atoms with Gasteiger partial charge in [-0.3, -0.25) is 0 Å². The van der Waals surface area contributed by atoms with E-state index >= 15 is 0 Å². The van der Waals surface area contributed by atoms with Crippen LogP contribution in [0.25, 0.3) is 0 Å². The number of carbonyl (C=O) groups is 1. The minimum atomic E-state index is -0.727. The van der Waals surface area contributed by atoms with Gasteiger partial charge < -0.3 is 10.1 Å². The van der Waals surface area contributed by atoms with Gasteiger partial charge in [-0.15, -0.1) is 0 Å². The second kappa shape index (κ2) is 4.87. The Morgan fingerprint density at radius 1 is 1.44 bits per heavy atom. The molecule has 0 heterocycles. The monoisotopic (exact) mass is 285 g/mol. The number of hydrogen-bond acceptors (Lipinski definition) is 3. The zero-order chi connectivity index (χ0) is 12.3. The van der Waals surface area contributed by atoms with Gasteiger partial charge in [-0.05, 0) is 44.5 Å². The molecule has 1 aromatic rings. The third-order valence-corrected chi connectivity index (χ3v) is 3.20. The average Bonchev–Trinajstić information content (AvgIpc) is 2.22. The quantitative estimate of drug-likeness (QED) is 0.868. The van der Waals surface area contributed by atoms with Gasteiger partial charge in [0, 0.05) is 10.2 Å². The number of esters is 1. The number of carbonyl (C=O) groups excluding carboxylic acids is 1. The Hall–Kier alpha value is -1.03. The Balaban J connectivity index is 2.88. The molecule has 0 atom stereocenters. The van der Waals surface area contributed by atoms with Crippen LogP contribution in [-0.4, -0.2) is 18.6 Å². The highest BCUT2D eigenvalue weighted by atomic mass is 79.9. The van der Waals surface area contributed by atoms with E-state index in [1.807, 2.05) is 25.1 Å². The molecule has 0 saturated heterocycles. The Bertz CT molecular complexity index is 402. The predicted molar refractivity (Wildman–Crippen MR) is 68.6 cm³/mol. The van der Waals surface area contributed by atoms with Gasteiger partial charge in [0.15, 0.2) is 0 Å². The van der Waals surface area contributed by atoms with Crippen molar-refractivity contribution in [1.82, 2.24) is 0 Å². The highest BCUT2D eigenvalue weighted by Crippen LogP contribution is 2.22. The molecule has 0 aliphatic carbocycles. The summed E-state index contributed by atoms with van der Waals surface area (Å²) in [5.74, 6) is -0.284. The zero-order valence-electron chi connectivity index (χ0n) is 9.93. The van der Waals surface area contributed by atoms with Gasteiger partial charge in [-0.1, -0.05) is 15.9 Å². The molecule has 4 heteroatoms. The van der Waals surface area contributed by atoms with Crippen LogP contribution in [0.1, 0.15) is 19.4 Å². The van der Waals surface area contributed by atoms with Gasteiger partial charge in [0.05, 0.1) is 7.11 Å². The molecular formula is C12H16BrNO2. The summed E-state index contributed by atoms with van der Waals surface area (Å²) >= 11 is 3.43. The number of nitrogens with one attached hydrogen (secondary N) is 1. The summed E-state index contributed by atoms with van der Waals surface area (Å²) in [4.78, 5) is 11.5. The highest BCUT2D eigenvalue weighted by Gasteiger charge is 2.28. The van der Waals surface area contributed by atoms with Crippen LogP contribution in [0.15, 0.2) is 22.7 Å². The summed E-state index contributed by atoms with van der Waals surface area (Å²) in [5.41, 5.74) is 1.29. The summed E-state index contributed by atoms with van der Waals surface area (Å²) in [6.45, 7) is 5.58. The van der Waals surface area contributed by atoms with Crippen molar-refractivity contribution in [2.24, 2.45) is 0 Å². The Morgan fingerprint density at radius 3 is 2.56 bits per heavy atom. The van der Waals surface area contributed by atoms with Gasteiger partial charge in [-0.2, -0.15) is 0 Å². The normalized spacial score (nSPS) is 11.1. The minimum Gasteiger partial charge on any atom is -0.467 e. The first-order valence-electron chi connectivity index (χ1n) is 4.99. The molecule has 88 valence electrons. The zero-order valence-corrected chi connectivity index (χ0v) is 11.5. The third-order valence-electron chi connectivity index (χ3n) is 2.31. The van der Waals surface area contributed by atoms with Crippen molar-refractivity contribution in [1.29, 1.82) is 0 Å². The van der Waals surface area contributed by atoms with Crippen LogP contribution in [0.5, 0.6) is 0 Å². The smallest absolute Gasteiger partial charge is 0.330 e. The summed E-state index contributed by atoms with van der Waals surface area (Å²) in [5, 5.41) is 3.14. The van der Waals surface area contributed by atoms with Crippen molar-refractivity contribution in [2.45, 2.75) is 26.3 Å². The second-order valence-electron chi connectivity index (χ2n) is 4.21. The lowest BCUT2D eigenvalue weighted by Crippen LogP contribution is -2.41. The van der Waals surface area contributed by atoms with Crippen LogP contribution in [0.3, 0.4) is 0 Å². The number of rotatable bonds is 3. The van der Waals surface area contributed by atoms with Crippen molar-refractivity contribution in [3.8, 4) is 0 Å². The molecule has 1 rings (SSSR count). The van der Waals surface area contributed by atoms with Gasteiger partial charge in [-0.25, -0.2) is 4.79 Å². The highest BCUT2D eigenvalue weighted by molar-refractivity contribution is 9.10. The molecule has 1 N–H and O–H groups in total. The molecule has 0 fully saturated rings. The molecule has 0 radical (unpaired) electrons. The number of methoxy groups -OCH3 is 1. The lowest BCUT2D eigenvalue weighted by Gasteiger charge is -2.24. The first-order valence-corrected chi connectivity index (χ1v) is 5.79. The molecule has 0 unspecified atom stereocenters. The summed E-state index contributed by atoms with van der Waals surface area (Å²) in [6, 6.07) is 5.85. The van der Waals surface area contributed by atoms with E-state index < -0.39 is 5.54 Å². The molecule has 0 amide bonds. The number of aryl methyl sites for hydroxylation is 1. The molecule has 0 bridgehead atoms. The van der Waals surface area contributed by atoms with Crippen LogP contribution in [0.4, 0.5) is 5.69 Å². The molecular weight excluding hydrogens is 270 g/mol. The molecule has 0 spiro atoms. The minimum absolute atomic E-state index is 0.284. The summed E-state index contributed by atoms with van der Waals surface area (Å²) in [6.07, 6.45) is 0. The maximum absolute atomic E-state index is 11.5. The first-order chi connectivity index (χ1) is 7.36. The standard InChI is InChI=1S/C12H16BrNO2/c1-8-7-9(5-6-10(8)13)14-12(2,3)11(15)16-4/h5-7,14H,1-4H3. The SMILES string of the molecule is COC(=O)C(C)(C)Nc1ccc(Br)c(C)c1. The van der Waals surface area contributed by atoms with E-state index in [1.54, 1.807) is 13.8 Å². The third kappa shape index (κ3) is 2.98. The predicted octanol–water partition coefficient (Wildman–Crippen LogP) is 3.12. The van der Waals surface area contributed by atoms with Crippen molar-refractivity contribution in [3.05, 3.63) is 28.2 Å². The van der Waals surface area contributed by atoms with Crippen molar-refractivity contribution in [2.75, 3.05) is 12.4 Å². The molecule has 0 saturated carbocycles. The topological polar surface area (TPSA) is 38.3 Å². The summed E-state index contributed by atoms with van der Waals surface area (Å²) < 4.78 is 5.78. The van der Waals surface area contributed by atoms with Crippen LogP contribution < -0.4 is 5.32 Å². The van der Waals surface area contributed by atoms with Gasteiger partial charge in [0.1, 0.15) is 5.54 Å². The first kappa shape index (κ1) is 13.0. The number of halogens is 1.